The van der Waals surface area contributed by atoms with Crippen LogP contribution >= 0.6 is 0 Å². The van der Waals surface area contributed by atoms with Gasteiger partial charge in [0, 0.05) is 34.4 Å². The zero-order valence-corrected chi connectivity index (χ0v) is 17.2. The third-order valence-corrected chi connectivity index (χ3v) is 5.01. The molecule has 0 fully saturated rings. The number of nitrogens with zero attached hydrogens (tertiary/aromatic N) is 2. The molecule has 4 rings (SSSR count). The second-order valence-corrected chi connectivity index (χ2v) is 6.88. The summed E-state index contributed by atoms with van der Waals surface area (Å²) < 4.78 is 10.8. The van der Waals surface area contributed by atoms with Gasteiger partial charge in [-0.05, 0) is 48.5 Å². The van der Waals surface area contributed by atoms with Crippen molar-refractivity contribution in [3.63, 3.8) is 0 Å². The molecule has 0 spiro atoms. The minimum Gasteiger partial charge on any atom is -0.497 e. The molecule has 2 heterocycles. The molecule has 31 heavy (non-hydrogen) atoms. The first-order chi connectivity index (χ1) is 15.1. The van der Waals surface area contributed by atoms with Gasteiger partial charge < -0.3 is 19.4 Å². The van der Waals surface area contributed by atoms with E-state index in [1.54, 1.807) is 69.1 Å². The van der Waals surface area contributed by atoms with Gasteiger partial charge in [-0.1, -0.05) is 12.1 Å². The summed E-state index contributed by atoms with van der Waals surface area (Å²) in [7, 11) is 3.13. The first kappa shape index (κ1) is 20.2. The fraction of sp³-hybridized carbons (Fsp3) is 0.125. The van der Waals surface area contributed by atoms with E-state index in [-0.39, 0.29) is 18.0 Å². The van der Waals surface area contributed by atoms with Crippen LogP contribution in [0.3, 0.4) is 0 Å². The Balaban J connectivity index is 1.82. The average Bonchev–Trinajstić information content (AvgIpc) is 2.82. The van der Waals surface area contributed by atoms with Gasteiger partial charge in [0.1, 0.15) is 11.5 Å². The first-order valence-corrected chi connectivity index (χ1v) is 9.65. The zero-order chi connectivity index (χ0) is 21.8. The number of nitrogens with one attached hydrogen (secondary N) is 1. The quantitative estimate of drug-likeness (QED) is 0.518. The zero-order valence-electron chi connectivity index (χ0n) is 17.2. The molecule has 0 saturated heterocycles. The lowest BCUT2D eigenvalue weighted by Gasteiger charge is -2.24. The molecule has 7 heteroatoms. The molecule has 156 valence electrons. The number of para-hydroxylation sites is 2. The molecule has 0 bridgehead atoms. The van der Waals surface area contributed by atoms with Crippen LogP contribution in [0.2, 0.25) is 0 Å². The van der Waals surface area contributed by atoms with E-state index in [1.165, 1.54) is 4.90 Å². The Bertz CT molecular complexity index is 1290. The predicted molar refractivity (Wildman–Crippen MR) is 119 cm³/mol. The average molecular weight is 415 g/mol. The van der Waals surface area contributed by atoms with Gasteiger partial charge in [0.15, 0.2) is 0 Å². The summed E-state index contributed by atoms with van der Waals surface area (Å²) in [5, 5.41) is 0.810. The molecule has 2 aromatic carbocycles. The highest BCUT2D eigenvalue weighted by Crippen LogP contribution is 2.30. The van der Waals surface area contributed by atoms with Crippen molar-refractivity contribution < 1.29 is 14.3 Å². The summed E-state index contributed by atoms with van der Waals surface area (Å²) in [6.45, 7) is 0.0595. The minimum atomic E-state index is -0.267. The van der Waals surface area contributed by atoms with E-state index in [1.807, 2.05) is 18.2 Å². The molecule has 1 N–H and O–H groups in total. The Morgan fingerprint density at radius 1 is 1.00 bits per heavy atom. The highest BCUT2D eigenvalue weighted by Gasteiger charge is 2.22. The van der Waals surface area contributed by atoms with Gasteiger partial charge in [-0.15, -0.1) is 0 Å². The third kappa shape index (κ3) is 4.11. The fourth-order valence-corrected chi connectivity index (χ4v) is 3.41. The Morgan fingerprint density at radius 2 is 1.77 bits per heavy atom. The Labute approximate surface area is 178 Å². The highest BCUT2D eigenvalue weighted by atomic mass is 16.5. The second kappa shape index (κ2) is 8.71. The van der Waals surface area contributed by atoms with Crippen molar-refractivity contribution in [3.8, 4) is 11.5 Å². The number of anilines is 1. The van der Waals surface area contributed by atoms with E-state index < -0.39 is 0 Å². The molecule has 0 saturated carbocycles. The van der Waals surface area contributed by atoms with Gasteiger partial charge in [-0.3, -0.25) is 14.6 Å². The number of benzene rings is 2. The first-order valence-electron chi connectivity index (χ1n) is 9.65. The SMILES string of the molecule is COc1ccc2[nH]c(=O)c(CN(C(=O)c3ccncc3)c3ccccc3OC)cc2c1. The number of ether oxygens (including phenoxy) is 2. The van der Waals surface area contributed by atoms with Gasteiger partial charge in [-0.25, -0.2) is 0 Å². The topological polar surface area (TPSA) is 84.5 Å². The lowest BCUT2D eigenvalue weighted by molar-refractivity contribution is 0.0984. The van der Waals surface area contributed by atoms with E-state index in [9.17, 15) is 9.59 Å². The second-order valence-electron chi connectivity index (χ2n) is 6.88. The van der Waals surface area contributed by atoms with E-state index in [2.05, 4.69) is 9.97 Å². The van der Waals surface area contributed by atoms with Crippen LogP contribution in [0, 0.1) is 0 Å². The van der Waals surface area contributed by atoms with Crippen LogP contribution in [0.5, 0.6) is 11.5 Å². The van der Waals surface area contributed by atoms with E-state index in [4.69, 9.17) is 9.47 Å². The maximum Gasteiger partial charge on any atom is 0.258 e. The number of aromatic nitrogens is 2. The lowest BCUT2D eigenvalue weighted by Crippen LogP contribution is -2.33. The standard InChI is InChI=1S/C24H21N3O4/c1-30-19-7-8-20-17(14-19)13-18(23(28)26-20)15-27(21-5-3-4-6-22(21)31-2)24(29)16-9-11-25-12-10-16/h3-14H,15H2,1-2H3,(H,26,28). The summed E-state index contributed by atoms with van der Waals surface area (Å²) in [5.74, 6) is 0.945. The van der Waals surface area contributed by atoms with Crippen molar-refractivity contribution in [3.05, 3.63) is 94.5 Å². The van der Waals surface area contributed by atoms with Crippen molar-refractivity contribution in [1.82, 2.24) is 9.97 Å². The number of amides is 1. The van der Waals surface area contributed by atoms with Crippen LogP contribution in [0.1, 0.15) is 15.9 Å². The van der Waals surface area contributed by atoms with Gasteiger partial charge in [-0.2, -0.15) is 0 Å². The molecule has 2 aromatic heterocycles. The normalized spacial score (nSPS) is 10.6. The van der Waals surface area contributed by atoms with E-state index in [0.29, 0.717) is 33.8 Å². The molecular weight excluding hydrogens is 394 g/mol. The number of carbonyl (C=O) groups is 1. The number of rotatable bonds is 6. The number of hydrogen-bond donors (Lipinski definition) is 1. The number of methoxy groups -OCH3 is 2. The maximum absolute atomic E-state index is 13.4. The Kier molecular flexibility index (Phi) is 5.66. The summed E-state index contributed by atoms with van der Waals surface area (Å²) in [5.41, 5.74) is 1.89. The summed E-state index contributed by atoms with van der Waals surface area (Å²) in [4.78, 5) is 34.6. The predicted octanol–water partition coefficient (Wildman–Crippen LogP) is 3.79. The van der Waals surface area contributed by atoms with E-state index in [0.717, 1.165) is 5.39 Å². The number of H-pyrrole nitrogens is 1. The summed E-state index contributed by atoms with van der Waals surface area (Å²) >= 11 is 0. The van der Waals surface area contributed by atoms with Crippen molar-refractivity contribution in [2.24, 2.45) is 0 Å². The molecule has 0 aliphatic heterocycles. The Hall–Kier alpha value is -4.13. The van der Waals surface area contributed by atoms with Crippen LogP contribution in [-0.4, -0.2) is 30.1 Å². The molecule has 0 radical (unpaired) electrons. The molecule has 1 amide bonds. The number of fused-ring (bicyclic) bond motifs is 1. The van der Waals surface area contributed by atoms with Crippen LogP contribution in [0.25, 0.3) is 10.9 Å². The third-order valence-electron chi connectivity index (χ3n) is 5.01. The van der Waals surface area contributed by atoms with Crippen molar-refractivity contribution in [2.75, 3.05) is 19.1 Å². The Morgan fingerprint density at radius 3 is 2.52 bits per heavy atom. The molecule has 4 aromatic rings. The molecule has 7 nitrogen and oxygen atoms in total. The van der Waals surface area contributed by atoms with E-state index >= 15 is 0 Å². The van der Waals surface area contributed by atoms with Crippen molar-refractivity contribution in [2.45, 2.75) is 6.54 Å². The van der Waals surface area contributed by atoms with Gasteiger partial charge in [0.05, 0.1) is 26.5 Å². The fourth-order valence-electron chi connectivity index (χ4n) is 3.41. The molecule has 0 atom stereocenters. The number of hydrogen-bond acceptors (Lipinski definition) is 5. The number of pyridine rings is 2. The smallest absolute Gasteiger partial charge is 0.258 e. The maximum atomic E-state index is 13.4. The molecular formula is C24H21N3O4. The van der Waals surface area contributed by atoms with Crippen LogP contribution in [-0.2, 0) is 6.54 Å². The minimum absolute atomic E-state index is 0.0595. The summed E-state index contributed by atoms with van der Waals surface area (Å²) in [6.07, 6.45) is 3.12. The molecule has 0 aliphatic rings. The van der Waals surface area contributed by atoms with Crippen LogP contribution in [0.4, 0.5) is 5.69 Å². The van der Waals surface area contributed by atoms with Crippen molar-refractivity contribution in [1.29, 1.82) is 0 Å². The molecule has 0 unspecified atom stereocenters. The van der Waals surface area contributed by atoms with Crippen LogP contribution < -0.4 is 19.9 Å². The lowest BCUT2D eigenvalue weighted by atomic mass is 10.1. The number of aromatic amines is 1. The van der Waals surface area contributed by atoms with Crippen LogP contribution in [0.15, 0.2) is 77.9 Å². The molecule has 0 aliphatic carbocycles. The highest BCUT2D eigenvalue weighted by molar-refractivity contribution is 6.06. The monoisotopic (exact) mass is 415 g/mol. The van der Waals surface area contributed by atoms with Crippen molar-refractivity contribution >= 4 is 22.5 Å². The largest absolute Gasteiger partial charge is 0.497 e. The summed E-state index contributed by atoms with van der Waals surface area (Å²) in [6, 6.07) is 17.7. The van der Waals surface area contributed by atoms with Gasteiger partial charge in [0.2, 0.25) is 0 Å². The van der Waals surface area contributed by atoms with Gasteiger partial charge >= 0.3 is 0 Å². The number of carbonyl (C=O) groups excluding carboxylic acids is 1. The van der Waals surface area contributed by atoms with Gasteiger partial charge in [0.25, 0.3) is 11.5 Å².